The van der Waals surface area contributed by atoms with Gasteiger partial charge in [0.2, 0.25) is 0 Å². The molecule has 1 fully saturated rings. The van der Waals surface area contributed by atoms with Gasteiger partial charge >= 0.3 is 6.09 Å². The zero-order valence-electron chi connectivity index (χ0n) is 9.09. The first-order chi connectivity index (χ1) is 7.07. The number of nitrogens with zero attached hydrogens (tertiary/aromatic N) is 1. The second kappa shape index (κ2) is 5.32. The van der Waals surface area contributed by atoms with Crippen LogP contribution >= 0.6 is 0 Å². The normalized spacial score (nSPS) is 31.7. The second-order valence-electron chi connectivity index (χ2n) is 4.12. The monoisotopic (exact) mass is 216 g/mol. The van der Waals surface area contributed by atoms with Gasteiger partial charge in [0.15, 0.2) is 0 Å². The van der Waals surface area contributed by atoms with Crippen LogP contribution in [0.1, 0.15) is 32.6 Å². The first-order valence-electron chi connectivity index (χ1n) is 5.51. The summed E-state index contributed by atoms with van der Waals surface area (Å²) < 4.78 is 0. The van der Waals surface area contributed by atoms with Crippen LogP contribution in [0.25, 0.3) is 0 Å². The third-order valence-electron chi connectivity index (χ3n) is 3.05. The maximum absolute atomic E-state index is 11.0. The Morgan fingerprint density at radius 3 is 2.80 bits per heavy atom. The zero-order valence-corrected chi connectivity index (χ0v) is 9.09. The van der Waals surface area contributed by atoms with Crippen LogP contribution in [0.3, 0.4) is 0 Å². The van der Waals surface area contributed by atoms with Gasteiger partial charge in [0.25, 0.3) is 0 Å². The van der Waals surface area contributed by atoms with Crippen molar-refractivity contribution in [2.45, 2.75) is 50.8 Å². The Bertz CT molecular complexity index is 223. The van der Waals surface area contributed by atoms with E-state index in [-0.39, 0.29) is 6.04 Å². The van der Waals surface area contributed by atoms with Gasteiger partial charge in [-0.25, -0.2) is 4.79 Å². The predicted octanol–water partition coefficient (Wildman–Crippen LogP) is 0.617. The van der Waals surface area contributed by atoms with Crippen LogP contribution in [0.2, 0.25) is 0 Å². The van der Waals surface area contributed by atoms with Gasteiger partial charge in [0.05, 0.1) is 18.2 Å². The number of rotatable bonds is 3. The van der Waals surface area contributed by atoms with Crippen LogP contribution in [0.4, 0.5) is 4.79 Å². The smallest absolute Gasteiger partial charge is 0.407 e. The third-order valence-corrected chi connectivity index (χ3v) is 3.05. The Balaban J connectivity index is 2.66. The number of carboxylic acid groups (broad SMARTS) is 1. The fraction of sp³-hybridized carbons (Fsp3) is 0.900. The number of likely N-dealkylation sites (tertiary alicyclic amines) is 1. The number of piperidine rings is 1. The molecule has 0 aromatic heterocycles. The lowest BCUT2D eigenvalue weighted by atomic mass is 9.91. The van der Waals surface area contributed by atoms with E-state index in [2.05, 4.69) is 6.92 Å². The van der Waals surface area contributed by atoms with Gasteiger partial charge in [-0.3, -0.25) is 0 Å². The molecule has 1 rings (SSSR count). The Morgan fingerprint density at radius 2 is 2.27 bits per heavy atom. The van der Waals surface area contributed by atoms with Crippen LogP contribution in [0.5, 0.6) is 0 Å². The van der Waals surface area contributed by atoms with Crippen LogP contribution in [-0.4, -0.2) is 45.9 Å². The molecular formula is C10H20N2O3. The van der Waals surface area contributed by atoms with E-state index < -0.39 is 18.2 Å². The lowest BCUT2D eigenvalue weighted by Crippen LogP contribution is -2.59. The van der Waals surface area contributed by atoms with E-state index in [0.717, 1.165) is 19.3 Å². The molecule has 0 radical (unpaired) electrons. The number of carbonyl (C=O) groups is 1. The summed E-state index contributed by atoms with van der Waals surface area (Å²) in [6.45, 7) is 2.44. The van der Waals surface area contributed by atoms with E-state index in [1.165, 1.54) is 4.90 Å². The van der Waals surface area contributed by atoms with Crippen molar-refractivity contribution in [3.8, 4) is 0 Å². The number of amides is 1. The quantitative estimate of drug-likeness (QED) is 0.645. The molecule has 0 spiro atoms. The molecule has 4 N–H and O–H groups in total. The molecule has 0 saturated carbocycles. The van der Waals surface area contributed by atoms with E-state index in [1.807, 2.05) is 0 Å². The Hall–Kier alpha value is -0.810. The third kappa shape index (κ3) is 2.82. The van der Waals surface area contributed by atoms with Crippen molar-refractivity contribution in [2.24, 2.45) is 5.73 Å². The van der Waals surface area contributed by atoms with Gasteiger partial charge in [-0.15, -0.1) is 0 Å². The Labute approximate surface area is 89.9 Å². The van der Waals surface area contributed by atoms with E-state index in [1.54, 1.807) is 0 Å². The summed E-state index contributed by atoms with van der Waals surface area (Å²) >= 11 is 0. The van der Waals surface area contributed by atoms with E-state index in [4.69, 9.17) is 10.8 Å². The van der Waals surface area contributed by atoms with Crippen molar-refractivity contribution in [3.63, 3.8) is 0 Å². The molecule has 88 valence electrons. The van der Waals surface area contributed by atoms with Crippen molar-refractivity contribution in [2.75, 3.05) is 6.54 Å². The molecule has 5 nitrogen and oxygen atoms in total. The summed E-state index contributed by atoms with van der Waals surface area (Å²) in [5.74, 6) is 0. The summed E-state index contributed by atoms with van der Waals surface area (Å²) in [4.78, 5) is 12.3. The largest absolute Gasteiger partial charge is 0.465 e. The standard InChI is InChI=1S/C10H20N2O3/c1-2-3-4-7-9(11)8(13)5-6-12(7)10(14)15/h7-9,13H,2-6,11H2,1H3,(H,14,15). The molecule has 5 heteroatoms. The minimum absolute atomic E-state index is 0.230. The summed E-state index contributed by atoms with van der Waals surface area (Å²) in [6.07, 6.45) is 1.62. The number of nitrogens with two attached hydrogens (primary N) is 1. The first kappa shape index (κ1) is 12.3. The van der Waals surface area contributed by atoms with Crippen molar-refractivity contribution in [3.05, 3.63) is 0 Å². The SMILES string of the molecule is CCCCC1C(N)C(O)CCN1C(=O)O. The lowest BCUT2D eigenvalue weighted by Gasteiger charge is -2.40. The molecule has 0 aliphatic carbocycles. The number of hydrogen-bond donors (Lipinski definition) is 3. The highest BCUT2D eigenvalue weighted by atomic mass is 16.4. The molecular weight excluding hydrogens is 196 g/mol. The second-order valence-corrected chi connectivity index (χ2v) is 4.12. The van der Waals surface area contributed by atoms with Crippen LogP contribution in [-0.2, 0) is 0 Å². The Morgan fingerprint density at radius 1 is 1.60 bits per heavy atom. The molecule has 0 aromatic carbocycles. The average Bonchev–Trinajstić information content (AvgIpc) is 2.19. The molecule has 1 aliphatic rings. The summed E-state index contributed by atoms with van der Waals surface area (Å²) in [5, 5.41) is 18.6. The molecule has 1 amide bonds. The number of aliphatic hydroxyl groups is 1. The van der Waals surface area contributed by atoms with Crippen LogP contribution in [0, 0.1) is 0 Å². The van der Waals surface area contributed by atoms with Crippen molar-refractivity contribution >= 4 is 6.09 Å². The predicted molar refractivity (Wildman–Crippen MR) is 56.6 cm³/mol. The minimum atomic E-state index is -0.932. The minimum Gasteiger partial charge on any atom is -0.465 e. The summed E-state index contributed by atoms with van der Waals surface area (Å²) in [7, 11) is 0. The molecule has 1 aliphatic heterocycles. The summed E-state index contributed by atoms with van der Waals surface area (Å²) in [6, 6.07) is -0.674. The van der Waals surface area contributed by atoms with Gasteiger partial charge in [-0.2, -0.15) is 0 Å². The molecule has 3 unspecified atom stereocenters. The highest BCUT2D eigenvalue weighted by molar-refractivity contribution is 5.65. The van der Waals surface area contributed by atoms with Gasteiger partial charge in [0.1, 0.15) is 0 Å². The maximum atomic E-state index is 11.0. The van der Waals surface area contributed by atoms with Gasteiger partial charge in [0, 0.05) is 6.54 Å². The molecule has 15 heavy (non-hydrogen) atoms. The molecule has 1 saturated heterocycles. The highest BCUT2D eigenvalue weighted by Crippen LogP contribution is 2.21. The number of aliphatic hydroxyl groups excluding tert-OH is 1. The maximum Gasteiger partial charge on any atom is 0.407 e. The van der Waals surface area contributed by atoms with Gasteiger partial charge in [-0.1, -0.05) is 19.8 Å². The Kier molecular flexibility index (Phi) is 4.35. The van der Waals surface area contributed by atoms with Crippen molar-refractivity contribution in [1.29, 1.82) is 0 Å². The molecule has 0 bridgehead atoms. The van der Waals surface area contributed by atoms with Crippen molar-refractivity contribution in [1.82, 2.24) is 4.90 Å². The van der Waals surface area contributed by atoms with Gasteiger partial charge in [-0.05, 0) is 12.8 Å². The van der Waals surface area contributed by atoms with Crippen LogP contribution < -0.4 is 5.73 Å². The zero-order chi connectivity index (χ0) is 11.4. The summed E-state index contributed by atoms with van der Waals surface area (Å²) in [5.41, 5.74) is 5.84. The fourth-order valence-electron chi connectivity index (χ4n) is 2.09. The highest BCUT2D eigenvalue weighted by Gasteiger charge is 2.36. The number of hydrogen-bond acceptors (Lipinski definition) is 3. The number of unbranched alkanes of at least 4 members (excludes halogenated alkanes) is 1. The molecule has 1 heterocycles. The first-order valence-corrected chi connectivity index (χ1v) is 5.51. The average molecular weight is 216 g/mol. The van der Waals surface area contributed by atoms with E-state index in [0.29, 0.717) is 13.0 Å². The topological polar surface area (TPSA) is 86.8 Å². The van der Waals surface area contributed by atoms with Gasteiger partial charge < -0.3 is 20.8 Å². The molecule has 0 aromatic rings. The van der Waals surface area contributed by atoms with Crippen molar-refractivity contribution < 1.29 is 15.0 Å². The molecule has 3 atom stereocenters. The van der Waals surface area contributed by atoms with E-state index in [9.17, 15) is 9.90 Å². The fourth-order valence-corrected chi connectivity index (χ4v) is 2.09. The van der Waals surface area contributed by atoms with Crippen LogP contribution in [0.15, 0.2) is 0 Å². The van der Waals surface area contributed by atoms with E-state index >= 15 is 0 Å². The lowest BCUT2D eigenvalue weighted by molar-refractivity contribution is 0.0216.